The molecule has 0 saturated carbocycles. The van der Waals surface area contributed by atoms with E-state index < -0.39 is 0 Å². The maximum absolute atomic E-state index is 8.95. The lowest BCUT2D eigenvalue weighted by Gasteiger charge is -2.08. The average molecular weight is 224 g/mol. The lowest BCUT2D eigenvalue weighted by atomic mass is 10.2. The Morgan fingerprint density at radius 3 is 2.71 bits per heavy atom. The smallest absolute Gasteiger partial charge is 0.145 e. The quantitative estimate of drug-likeness (QED) is 0.872. The summed E-state index contributed by atoms with van der Waals surface area (Å²) in [6.07, 6.45) is 0. The van der Waals surface area contributed by atoms with Gasteiger partial charge in [-0.15, -0.1) is 0 Å². The fourth-order valence-electron chi connectivity index (χ4n) is 1.51. The minimum absolute atomic E-state index is 0.469. The summed E-state index contributed by atoms with van der Waals surface area (Å²) in [6.45, 7) is 0.469. The van der Waals surface area contributed by atoms with E-state index >= 15 is 0 Å². The molecule has 0 fully saturated rings. The summed E-state index contributed by atoms with van der Waals surface area (Å²) in [6, 6.07) is 16.8. The Balaban J connectivity index is 2.28. The molecule has 0 bridgehead atoms. The predicted molar refractivity (Wildman–Crippen MR) is 65.6 cm³/mol. The standard InChI is InChI=1S/C14H12N2O/c15-9-11-4-3-6-13(8-11)17-14-7-2-1-5-12(14)10-16/h1-8H,9,15H2. The van der Waals surface area contributed by atoms with Gasteiger partial charge in [0.15, 0.2) is 0 Å². The zero-order valence-electron chi connectivity index (χ0n) is 9.26. The lowest BCUT2D eigenvalue weighted by Crippen LogP contribution is -1.96. The summed E-state index contributed by atoms with van der Waals surface area (Å²) in [5.41, 5.74) is 7.08. The number of nitrogens with zero attached hydrogens (tertiary/aromatic N) is 1. The second-order valence-corrected chi connectivity index (χ2v) is 3.56. The Morgan fingerprint density at radius 2 is 1.94 bits per heavy atom. The van der Waals surface area contributed by atoms with E-state index in [9.17, 15) is 0 Å². The van der Waals surface area contributed by atoms with Gasteiger partial charge in [-0.1, -0.05) is 24.3 Å². The fourth-order valence-corrected chi connectivity index (χ4v) is 1.51. The van der Waals surface area contributed by atoms with Crippen molar-refractivity contribution >= 4 is 0 Å². The van der Waals surface area contributed by atoms with E-state index in [2.05, 4.69) is 6.07 Å². The maximum atomic E-state index is 8.95. The molecule has 84 valence electrons. The van der Waals surface area contributed by atoms with Crippen LogP contribution in [0, 0.1) is 11.3 Å². The highest BCUT2D eigenvalue weighted by Gasteiger charge is 2.03. The zero-order valence-corrected chi connectivity index (χ0v) is 9.26. The van der Waals surface area contributed by atoms with Crippen molar-refractivity contribution in [3.63, 3.8) is 0 Å². The van der Waals surface area contributed by atoms with E-state index in [4.69, 9.17) is 15.7 Å². The van der Waals surface area contributed by atoms with Gasteiger partial charge in [0.25, 0.3) is 0 Å². The number of ether oxygens (including phenoxy) is 1. The molecule has 2 N–H and O–H groups in total. The van der Waals surface area contributed by atoms with Crippen molar-refractivity contribution in [1.82, 2.24) is 0 Å². The highest BCUT2D eigenvalue weighted by atomic mass is 16.5. The number of benzene rings is 2. The van der Waals surface area contributed by atoms with Crippen molar-refractivity contribution in [2.45, 2.75) is 6.54 Å². The summed E-state index contributed by atoms with van der Waals surface area (Å²) in [4.78, 5) is 0. The monoisotopic (exact) mass is 224 g/mol. The Bertz CT molecular complexity index is 558. The van der Waals surface area contributed by atoms with Crippen molar-refractivity contribution in [3.8, 4) is 17.6 Å². The van der Waals surface area contributed by atoms with E-state index in [1.165, 1.54) is 0 Å². The highest BCUT2D eigenvalue weighted by Crippen LogP contribution is 2.25. The molecule has 0 amide bonds. The van der Waals surface area contributed by atoms with Crippen LogP contribution < -0.4 is 10.5 Å². The average Bonchev–Trinajstić information content (AvgIpc) is 2.39. The summed E-state index contributed by atoms with van der Waals surface area (Å²) in [5.74, 6) is 1.25. The first kappa shape index (κ1) is 11.2. The lowest BCUT2D eigenvalue weighted by molar-refractivity contribution is 0.480. The Hall–Kier alpha value is -2.31. The van der Waals surface area contributed by atoms with E-state index in [-0.39, 0.29) is 0 Å². The summed E-state index contributed by atoms with van der Waals surface area (Å²) in [5, 5.41) is 8.95. The largest absolute Gasteiger partial charge is 0.456 e. The minimum atomic E-state index is 0.469. The number of rotatable bonds is 3. The molecule has 0 unspecified atom stereocenters. The van der Waals surface area contributed by atoms with Crippen LogP contribution in [0.5, 0.6) is 11.5 Å². The van der Waals surface area contributed by atoms with Gasteiger partial charge in [0.05, 0.1) is 5.56 Å². The highest BCUT2D eigenvalue weighted by molar-refractivity contribution is 5.45. The number of nitrogens with two attached hydrogens (primary N) is 1. The van der Waals surface area contributed by atoms with Crippen LogP contribution in [0.1, 0.15) is 11.1 Å². The molecule has 0 aliphatic rings. The molecule has 0 atom stereocenters. The van der Waals surface area contributed by atoms with Crippen molar-refractivity contribution in [2.75, 3.05) is 0 Å². The van der Waals surface area contributed by atoms with Crippen molar-refractivity contribution in [3.05, 3.63) is 59.7 Å². The molecule has 2 aromatic carbocycles. The Labute approximate surface area is 100 Å². The molecule has 0 heterocycles. The number of para-hydroxylation sites is 1. The number of nitriles is 1. The fraction of sp³-hybridized carbons (Fsp3) is 0.0714. The van der Waals surface area contributed by atoms with Crippen LogP contribution in [0.15, 0.2) is 48.5 Å². The molecule has 0 radical (unpaired) electrons. The molecule has 0 spiro atoms. The van der Waals surface area contributed by atoms with Crippen LogP contribution in [0.25, 0.3) is 0 Å². The van der Waals surface area contributed by atoms with Crippen LogP contribution in [0.3, 0.4) is 0 Å². The van der Waals surface area contributed by atoms with E-state index in [0.29, 0.717) is 23.6 Å². The second kappa shape index (κ2) is 5.15. The van der Waals surface area contributed by atoms with Gasteiger partial charge in [0.2, 0.25) is 0 Å². The molecule has 0 aliphatic heterocycles. The predicted octanol–water partition coefficient (Wildman–Crippen LogP) is 2.81. The maximum Gasteiger partial charge on any atom is 0.145 e. The first-order valence-corrected chi connectivity index (χ1v) is 5.29. The molecule has 3 heteroatoms. The van der Waals surface area contributed by atoms with Crippen molar-refractivity contribution in [2.24, 2.45) is 5.73 Å². The number of hydrogen-bond donors (Lipinski definition) is 1. The van der Waals surface area contributed by atoms with Crippen molar-refractivity contribution in [1.29, 1.82) is 5.26 Å². The third kappa shape index (κ3) is 2.63. The van der Waals surface area contributed by atoms with Gasteiger partial charge in [-0.05, 0) is 29.8 Å². The number of hydrogen-bond acceptors (Lipinski definition) is 3. The molecule has 0 aromatic heterocycles. The van der Waals surface area contributed by atoms with Gasteiger partial charge < -0.3 is 10.5 Å². The molecule has 0 aliphatic carbocycles. The van der Waals surface area contributed by atoms with Crippen LogP contribution in [-0.4, -0.2) is 0 Å². The molecular formula is C14H12N2O. The second-order valence-electron chi connectivity index (χ2n) is 3.56. The van der Waals surface area contributed by atoms with E-state index in [0.717, 1.165) is 5.56 Å². The topological polar surface area (TPSA) is 59.0 Å². The molecule has 2 aromatic rings. The van der Waals surface area contributed by atoms with Crippen LogP contribution in [0.2, 0.25) is 0 Å². The first-order chi connectivity index (χ1) is 8.33. The normalized spacial score (nSPS) is 9.65. The SMILES string of the molecule is N#Cc1ccccc1Oc1cccc(CN)c1. The Kier molecular flexibility index (Phi) is 3.39. The van der Waals surface area contributed by atoms with Crippen molar-refractivity contribution < 1.29 is 4.74 Å². The molecular weight excluding hydrogens is 212 g/mol. The van der Waals surface area contributed by atoms with Gasteiger partial charge in [0.1, 0.15) is 17.6 Å². The first-order valence-electron chi connectivity index (χ1n) is 5.29. The van der Waals surface area contributed by atoms with E-state index in [1.807, 2.05) is 36.4 Å². The van der Waals surface area contributed by atoms with Crippen LogP contribution in [0.4, 0.5) is 0 Å². The summed E-state index contributed by atoms with van der Waals surface area (Å²) < 4.78 is 5.66. The van der Waals surface area contributed by atoms with Gasteiger partial charge in [0, 0.05) is 6.54 Å². The molecule has 2 rings (SSSR count). The third-order valence-corrected chi connectivity index (χ3v) is 2.37. The zero-order chi connectivity index (χ0) is 12.1. The molecule has 3 nitrogen and oxygen atoms in total. The van der Waals surface area contributed by atoms with Gasteiger partial charge in [-0.3, -0.25) is 0 Å². The van der Waals surface area contributed by atoms with Crippen LogP contribution >= 0.6 is 0 Å². The van der Waals surface area contributed by atoms with Gasteiger partial charge in [-0.25, -0.2) is 0 Å². The van der Waals surface area contributed by atoms with Gasteiger partial charge in [-0.2, -0.15) is 5.26 Å². The van der Waals surface area contributed by atoms with Gasteiger partial charge >= 0.3 is 0 Å². The molecule has 17 heavy (non-hydrogen) atoms. The Morgan fingerprint density at radius 1 is 1.12 bits per heavy atom. The summed E-state index contributed by atoms with van der Waals surface area (Å²) in [7, 11) is 0. The van der Waals surface area contributed by atoms with Crippen LogP contribution in [-0.2, 0) is 6.54 Å². The summed E-state index contributed by atoms with van der Waals surface area (Å²) >= 11 is 0. The third-order valence-electron chi connectivity index (χ3n) is 2.37. The molecule has 0 saturated heterocycles. The minimum Gasteiger partial charge on any atom is -0.456 e. The van der Waals surface area contributed by atoms with E-state index in [1.54, 1.807) is 12.1 Å².